The zero-order valence-corrected chi connectivity index (χ0v) is 9.06. The summed E-state index contributed by atoms with van der Waals surface area (Å²) in [6.45, 7) is 0. The normalized spacial score (nSPS) is 16.7. The predicted molar refractivity (Wildman–Crippen MR) is 58.9 cm³/mol. The van der Waals surface area contributed by atoms with Crippen molar-refractivity contribution in [2.45, 2.75) is 6.04 Å². The second-order valence-corrected chi connectivity index (χ2v) is 3.03. The van der Waals surface area contributed by atoms with Crippen molar-refractivity contribution in [1.29, 1.82) is 0 Å². The maximum Gasteiger partial charge on any atom is 0.194 e. The van der Waals surface area contributed by atoms with E-state index in [1.54, 1.807) is 18.2 Å². The Morgan fingerprint density at radius 1 is 1.44 bits per heavy atom. The molecule has 0 radical (unpaired) electrons. The molecule has 1 heterocycles. The van der Waals surface area contributed by atoms with E-state index < -0.39 is 6.04 Å². The van der Waals surface area contributed by atoms with Crippen LogP contribution in [-0.2, 0) is 4.79 Å². The molecule has 0 aromatic heterocycles. The minimum atomic E-state index is -0.739. The van der Waals surface area contributed by atoms with Crippen molar-refractivity contribution < 1.29 is 19.4 Å². The number of carbonyl (C=O) groups excluding carboxylic acids is 2. The smallest absolute Gasteiger partial charge is 0.194 e. The third kappa shape index (κ3) is 2.04. The molecule has 1 aliphatic heterocycles. The van der Waals surface area contributed by atoms with E-state index in [4.69, 9.17) is 9.84 Å². The Balaban J connectivity index is 0.000000606. The fraction of sp³-hybridized carbons (Fsp3) is 0.273. The SMILES string of the molecule is CO.COc1ccc2c(c1)C(=O)C(C=O)N2. The summed E-state index contributed by atoms with van der Waals surface area (Å²) in [5.74, 6) is 0.416. The summed E-state index contributed by atoms with van der Waals surface area (Å²) in [4.78, 5) is 22.1. The van der Waals surface area contributed by atoms with Crippen molar-refractivity contribution in [2.24, 2.45) is 0 Å². The van der Waals surface area contributed by atoms with Gasteiger partial charge in [0.1, 0.15) is 18.1 Å². The van der Waals surface area contributed by atoms with Crippen molar-refractivity contribution in [3.05, 3.63) is 23.8 Å². The summed E-state index contributed by atoms with van der Waals surface area (Å²) < 4.78 is 4.99. The van der Waals surface area contributed by atoms with Crippen LogP contribution in [0.1, 0.15) is 10.4 Å². The van der Waals surface area contributed by atoms with Crippen LogP contribution in [0.25, 0.3) is 0 Å². The molecule has 0 fully saturated rings. The van der Waals surface area contributed by atoms with Crippen LogP contribution in [0.3, 0.4) is 0 Å². The summed E-state index contributed by atoms with van der Waals surface area (Å²) in [6.07, 6.45) is 0.606. The fourth-order valence-electron chi connectivity index (χ4n) is 1.48. The average molecular weight is 223 g/mol. The van der Waals surface area contributed by atoms with E-state index in [-0.39, 0.29) is 5.78 Å². The van der Waals surface area contributed by atoms with Crippen LogP contribution in [-0.4, -0.2) is 37.4 Å². The average Bonchev–Trinajstić information content (AvgIpc) is 2.68. The minimum Gasteiger partial charge on any atom is -0.497 e. The van der Waals surface area contributed by atoms with Gasteiger partial charge in [0.2, 0.25) is 0 Å². The standard InChI is InChI=1S/C10H9NO3.CH4O/c1-14-6-2-3-8-7(4-6)10(13)9(5-12)11-8;1-2/h2-5,9,11H,1H3;2H,1H3. The Hall–Kier alpha value is -1.88. The van der Waals surface area contributed by atoms with Crippen LogP contribution in [0.15, 0.2) is 18.2 Å². The van der Waals surface area contributed by atoms with Gasteiger partial charge in [-0.25, -0.2) is 0 Å². The number of hydrogen-bond donors (Lipinski definition) is 2. The molecule has 0 amide bonds. The Labute approximate surface area is 93.0 Å². The van der Waals surface area contributed by atoms with Gasteiger partial charge >= 0.3 is 0 Å². The monoisotopic (exact) mass is 223 g/mol. The predicted octanol–water partition coefficient (Wildman–Crippen LogP) is 0.479. The largest absolute Gasteiger partial charge is 0.497 e. The molecule has 16 heavy (non-hydrogen) atoms. The lowest BCUT2D eigenvalue weighted by Gasteiger charge is -2.01. The second-order valence-electron chi connectivity index (χ2n) is 3.03. The zero-order chi connectivity index (χ0) is 12.1. The van der Waals surface area contributed by atoms with Gasteiger partial charge in [0.15, 0.2) is 5.78 Å². The Morgan fingerprint density at radius 3 is 2.69 bits per heavy atom. The number of anilines is 1. The van der Waals surface area contributed by atoms with E-state index >= 15 is 0 Å². The van der Waals surface area contributed by atoms with Gasteiger partial charge in [0.25, 0.3) is 0 Å². The highest BCUT2D eigenvalue weighted by Crippen LogP contribution is 2.28. The summed E-state index contributed by atoms with van der Waals surface area (Å²) in [7, 11) is 2.53. The van der Waals surface area contributed by atoms with Crippen molar-refractivity contribution in [1.82, 2.24) is 0 Å². The van der Waals surface area contributed by atoms with E-state index in [0.29, 0.717) is 23.3 Å². The topological polar surface area (TPSA) is 75.6 Å². The maximum atomic E-state index is 11.5. The molecule has 1 unspecified atom stereocenters. The van der Waals surface area contributed by atoms with Crippen LogP contribution in [0, 0.1) is 0 Å². The number of ether oxygens (including phenoxy) is 1. The highest BCUT2D eigenvalue weighted by Gasteiger charge is 2.29. The molecule has 1 atom stereocenters. The van der Waals surface area contributed by atoms with Gasteiger partial charge in [-0.15, -0.1) is 0 Å². The number of rotatable bonds is 2. The van der Waals surface area contributed by atoms with Crippen LogP contribution < -0.4 is 10.1 Å². The summed E-state index contributed by atoms with van der Waals surface area (Å²) >= 11 is 0. The van der Waals surface area contributed by atoms with Gasteiger partial charge in [-0.05, 0) is 18.2 Å². The van der Waals surface area contributed by atoms with Crippen LogP contribution in [0.4, 0.5) is 5.69 Å². The molecule has 0 aliphatic carbocycles. The van der Waals surface area contributed by atoms with Gasteiger partial charge in [0, 0.05) is 18.4 Å². The fourth-order valence-corrected chi connectivity index (χ4v) is 1.48. The number of ketones is 1. The number of nitrogens with one attached hydrogen (secondary N) is 1. The molecule has 5 nitrogen and oxygen atoms in total. The van der Waals surface area contributed by atoms with E-state index in [1.165, 1.54) is 7.11 Å². The highest BCUT2D eigenvalue weighted by atomic mass is 16.5. The van der Waals surface area contributed by atoms with Crippen molar-refractivity contribution in [2.75, 3.05) is 19.5 Å². The van der Waals surface area contributed by atoms with Gasteiger partial charge in [0.05, 0.1) is 7.11 Å². The molecule has 5 heteroatoms. The molecular weight excluding hydrogens is 210 g/mol. The number of benzene rings is 1. The first-order valence-corrected chi connectivity index (χ1v) is 4.65. The summed E-state index contributed by atoms with van der Waals surface area (Å²) in [5, 5.41) is 9.81. The van der Waals surface area contributed by atoms with Gasteiger partial charge in [-0.2, -0.15) is 0 Å². The summed E-state index contributed by atoms with van der Waals surface area (Å²) in [5.41, 5.74) is 1.20. The van der Waals surface area contributed by atoms with E-state index in [1.807, 2.05) is 0 Å². The molecular formula is C11H13NO4. The second kappa shape index (κ2) is 5.27. The quantitative estimate of drug-likeness (QED) is 0.563. The Kier molecular flexibility index (Phi) is 4.02. The van der Waals surface area contributed by atoms with Crippen LogP contribution in [0.5, 0.6) is 5.75 Å². The van der Waals surface area contributed by atoms with Crippen LogP contribution >= 0.6 is 0 Å². The van der Waals surface area contributed by atoms with Gasteiger partial charge < -0.3 is 20.0 Å². The maximum absolute atomic E-state index is 11.5. The Bertz CT molecular complexity index is 403. The lowest BCUT2D eigenvalue weighted by molar-refractivity contribution is -0.107. The molecule has 0 saturated heterocycles. The number of aldehydes is 1. The van der Waals surface area contributed by atoms with E-state index in [0.717, 1.165) is 7.11 Å². The van der Waals surface area contributed by atoms with Gasteiger partial charge in [-0.3, -0.25) is 4.79 Å². The Morgan fingerprint density at radius 2 is 2.12 bits per heavy atom. The molecule has 1 aliphatic rings. The molecule has 86 valence electrons. The lowest BCUT2D eigenvalue weighted by Crippen LogP contribution is -2.23. The zero-order valence-electron chi connectivity index (χ0n) is 9.06. The molecule has 1 aromatic carbocycles. The number of aliphatic hydroxyl groups is 1. The highest BCUT2D eigenvalue weighted by molar-refractivity contribution is 6.17. The molecule has 0 bridgehead atoms. The van der Waals surface area contributed by atoms with Gasteiger partial charge in [-0.1, -0.05) is 0 Å². The first-order chi connectivity index (χ1) is 7.76. The summed E-state index contributed by atoms with van der Waals surface area (Å²) in [6, 6.07) is 4.37. The van der Waals surface area contributed by atoms with Crippen molar-refractivity contribution in [3.8, 4) is 5.75 Å². The molecule has 0 saturated carbocycles. The molecule has 0 spiro atoms. The van der Waals surface area contributed by atoms with Crippen LogP contribution in [0.2, 0.25) is 0 Å². The first-order valence-electron chi connectivity index (χ1n) is 4.65. The first kappa shape index (κ1) is 12.2. The molecule has 1 aromatic rings. The van der Waals surface area contributed by atoms with Crippen molar-refractivity contribution in [3.63, 3.8) is 0 Å². The third-order valence-corrected chi connectivity index (χ3v) is 2.22. The number of aliphatic hydroxyl groups excluding tert-OH is 1. The molecule has 2 N–H and O–H groups in total. The number of Topliss-reactive ketones (excluding diaryl/α,β-unsaturated/α-hetero) is 1. The third-order valence-electron chi connectivity index (χ3n) is 2.22. The number of carbonyl (C=O) groups is 2. The number of hydrogen-bond acceptors (Lipinski definition) is 5. The van der Waals surface area contributed by atoms with Crippen molar-refractivity contribution >= 4 is 17.8 Å². The lowest BCUT2D eigenvalue weighted by atomic mass is 10.1. The van der Waals surface area contributed by atoms with E-state index in [2.05, 4.69) is 5.32 Å². The van der Waals surface area contributed by atoms with E-state index in [9.17, 15) is 9.59 Å². The molecule has 2 rings (SSSR count). The number of methoxy groups -OCH3 is 1. The number of fused-ring (bicyclic) bond motifs is 1. The minimum absolute atomic E-state index is 0.200.